The molecule has 3 rings (SSSR count). The zero-order valence-electron chi connectivity index (χ0n) is 11.9. The number of hydrogen-bond acceptors (Lipinski definition) is 2. The van der Waals surface area contributed by atoms with Gasteiger partial charge in [0.2, 0.25) is 0 Å². The Kier molecular flexibility index (Phi) is 4.14. The molecule has 0 amide bonds. The van der Waals surface area contributed by atoms with Gasteiger partial charge in [0.05, 0.1) is 19.3 Å². The lowest BCUT2D eigenvalue weighted by Crippen LogP contribution is -2.31. The van der Waals surface area contributed by atoms with Crippen LogP contribution in [0.25, 0.3) is 0 Å². The van der Waals surface area contributed by atoms with Crippen LogP contribution in [0, 0.1) is 6.92 Å². The highest BCUT2D eigenvalue weighted by Crippen LogP contribution is 2.24. The summed E-state index contributed by atoms with van der Waals surface area (Å²) in [7, 11) is 0. The lowest BCUT2D eigenvalue weighted by atomic mass is 9.99. The van der Waals surface area contributed by atoms with Crippen molar-refractivity contribution in [1.82, 2.24) is 5.32 Å². The fourth-order valence-electron chi connectivity index (χ4n) is 2.81. The van der Waals surface area contributed by atoms with Gasteiger partial charge in [0, 0.05) is 0 Å². The van der Waals surface area contributed by atoms with E-state index in [1.807, 2.05) is 0 Å². The Bertz CT molecular complexity index is 579. The van der Waals surface area contributed by atoms with Crippen molar-refractivity contribution in [2.24, 2.45) is 0 Å². The van der Waals surface area contributed by atoms with Gasteiger partial charge in [-0.1, -0.05) is 54.1 Å². The Morgan fingerprint density at radius 2 is 2.05 bits per heavy atom. The molecule has 1 aliphatic rings. The Morgan fingerprint density at radius 1 is 1.15 bits per heavy atom. The highest BCUT2D eigenvalue weighted by molar-refractivity contribution is 5.31. The van der Waals surface area contributed by atoms with Crippen LogP contribution in [0.4, 0.5) is 0 Å². The van der Waals surface area contributed by atoms with Gasteiger partial charge < -0.3 is 10.1 Å². The van der Waals surface area contributed by atoms with Gasteiger partial charge in [-0.25, -0.2) is 0 Å². The summed E-state index contributed by atoms with van der Waals surface area (Å²) in [6.07, 6.45) is 1.06. The van der Waals surface area contributed by atoms with Gasteiger partial charge in [-0.2, -0.15) is 0 Å². The number of hydrogen-bond donors (Lipinski definition) is 1. The first-order valence-electron chi connectivity index (χ1n) is 7.27. The van der Waals surface area contributed by atoms with Crippen LogP contribution in [-0.4, -0.2) is 13.2 Å². The summed E-state index contributed by atoms with van der Waals surface area (Å²) in [5.41, 5.74) is 5.42. The molecule has 0 fully saturated rings. The van der Waals surface area contributed by atoms with E-state index in [1.165, 1.54) is 22.3 Å². The van der Waals surface area contributed by atoms with E-state index in [2.05, 4.69) is 60.8 Å². The van der Waals surface area contributed by atoms with Crippen LogP contribution >= 0.6 is 0 Å². The maximum Gasteiger partial charge on any atom is 0.0721 e. The third-order valence-corrected chi connectivity index (χ3v) is 3.86. The molecule has 1 aliphatic heterocycles. The largest absolute Gasteiger partial charge is 0.375 e. The molecule has 1 unspecified atom stereocenters. The van der Waals surface area contributed by atoms with E-state index in [9.17, 15) is 0 Å². The van der Waals surface area contributed by atoms with Gasteiger partial charge in [-0.05, 0) is 36.6 Å². The first kappa shape index (κ1) is 13.3. The molecule has 0 saturated heterocycles. The van der Waals surface area contributed by atoms with Crippen LogP contribution in [-0.2, 0) is 17.8 Å². The highest BCUT2D eigenvalue weighted by Gasteiger charge is 2.19. The summed E-state index contributed by atoms with van der Waals surface area (Å²) < 4.78 is 5.67. The van der Waals surface area contributed by atoms with E-state index in [0.717, 1.165) is 26.2 Å². The standard InChI is InChI=1S/C18H21NO/c1-14-5-4-6-15(11-14)9-10-19-18-13-20-12-16-7-2-3-8-17(16)18/h2-8,11,18-19H,9-10,12-13H2,1H3. The fourth-order valence-corrected chi connectivity index (χ4v) is 2.81. The van der Waals surface area contributed by atoms with Gasteiger partial charge in [0.1, 0.15) is 0 Å². The van der Waals surface area contributed by atoms with E-state index in [1.54, 1.807) is 0 Å². The topological polar surface area (TPSA) is 21.3 Å². The van der Waals surface area contributed by atoms with E-state index in [4.69, 9.17) is 4.74 Å². The van der Waals surface area contributed by atoms with Crippen LogP contribution in [0.15, 0.2) is 48.5 Å². The number of nitrogens with one attached hydrogen (secondary N) is 1. The van der Waals surface area contributed by atoms with Gasteiger partial charge in [-0.3, -0.25) is 0 Å². The summed E-state index contributed by atoms with van der Waals surface area (Å²) >= 11 is 0. The molecule has 104 valence electrons. The highest BCUT2D eigenvalue weighted by atomic mass is 16.5. The van der Waals surface area contributed by atoms with Crippen molar-refractivity contribution >= 4 is 0 Å². The fraction of sp³-hybridized carbons (Fsp3) is 0.333. The maximum absolute atomic E-state index is 5.67. The normalized spacial score (nSPS) is 17.8. The van der Waals surface area contributed by atoms with Gasteiger partial charge in [0.15, 0.2) is 0 Å². The first-order valence-corrected chi connectivity index (χ1v) is 7.27. The molecule has 0 radical (unpaired) electrons. The van der Waals surface area contributed by atoms with Crippen molar-refractivity contribution in [2.45, 2.75) is 26.0 Å². The second kappa shape index (κ2) is 6.21. The average Bonchev–Trinajstić information content (AvgIpc) is 2.48. The second-order valence-electron chi connectivity index (χ2n) is 5.46. The Balaban J connectivity index is 1.60. The maximum atomic E-state index is 5.67. The van der Waals surface area contributed by atoms with E-state index in [0.29, 0.717) is 6.04 Å². The molecule has 1 heterocycles. The minimum Gasteiger partial charge on any atom is -0.375 e. The lowest BCUT2D eigenvalue weighted by molar-refractivity contribution is 0.0824. The molecule has 2 aromatic carbocycles. The van der Waals surface area contributed by atoms with Crippen molar-refractivity contribution in [3.8, 4) is 0 Å². The Hall–Kier alpha value is -1.64. The minimum absolute atomic E-state index is 0.324. The van der Waals surface area contributed by atoms with E-state index < -0.39 is 0 Å². The molecule has 2 aromatic rings. The van der Waals surface area contributed by atoms with E-state index >= 15 is 0 Å². The zero-order chi connectivity index (χ0) is 13.8. The first-order chi connectivity index (χ1) is 9.83. The molecule has 1 atom stereocenters. The van der Waals surface area contributed by atoms with Gasteiger partial charge in [-0.15, -0.1) is 0 Å². The van der Waals surface area contributed by atoms with E-state index in [-0.39, 0.29) is 0 Å². The molecule has 0 spiro atoms. The number of fused-ring (bicyclic) bond motifs is 1. The van der Waals surface area contributed by atoms with Crippen molar-refractivity contribution in [1.29, 1.82) is 0 Å². The lowest BCUT2D eigenvalue weighted by Gasteiger charge is -2.26. The Labute approximate surface area is 120 Å². The van der Waals surface area contributed by atoms with Crippen molar-refractivity contribution in [3.05, 3.63) is 70.8 Å². The summed E-state index contributed by atoms with van der Waals surface area (Å²) in [6.45, 7) is 4.63. The Morgan fingerprint density at radius 3 is 2.95 bits per heavy atom. The number of rotatable bonds is 4. The number of aryl methyl sites for hydroxylation is 1. The van der Waals surface area contributed by atoms with Gasteiger partial charge in [0.25, 0.3) is 0 Å². The van der Waals surface area contributed by atoms with Crippen molar-refractivity contribution < 1.29 is 4.74 Å². The third-order valence-electron chi connectivity index (χ3n) is 3.86. The molecule has 0 bridgehead atoms. The van der Waals surface area contributed by atoms with Crippen molar-refractivity contribution in [2.75, 3.05) is 13.2 Å². The minimum atomic E-state index is 0.324. The molecule has 0 aromatic heterocycles. The quantitative estimate of drug-likeness (QED) is 0.916. The zero-order valence-corrected chi connectivity index (χ0v) is 11.9. The predicted octanol–water partition coefficient (Wildman–Crippen LogP) is 3.40. The number of ether oxygens (including phenoxy) is 1. The van der Waals surface area contributed by atoms with Crippen LogP contribution in [0.3, 0.4) is 0 Å². The molecule has 20 heavy (non-hydrogen) atoms. The molecule has 1 N–H and O–H groups in total. The van der Waals surface area contributed by atoms with Crippen molar-refractivity contribution in [3.63, 3.8) is 0 Å². The summed E-state index contributed by atoms with van der Waals surface area (Å²) in [6, 6.07) is 17.6. The van der Waals surface area contributed by atoms with Crippen LogP contribution in [0.2, 0.25) is 0 Å². The monoisotopic (exact) mass is 267 g/mol. The average molecular weight is 267 g/mol. The van der Waals surface area contributed by atoms with Crippen LogP contribution < -0.4 is 5.32 Å². The molecular weight excluding hydrogens is 246 g/mol. The summed E-state index contributed by atoms with van der Waals surface area (Å²) in [5.74, 6) is 0. The molecular formula is C18H21NO. The summed E-state index contributed by atoms with van der Waals surface area (Å²) in [4.78, 5) is 0. The smallest absolute Gasteiger partial charge is 0.0721 e. The second-order valence-corrected chi connectivity index (χ2v) is 5.46. The van der Waals surface area contributed by atoms with Crippen LogP contribution in [0.5, 0.6) is 0 Å². The summed E-state index contributed by atoms with van der Waals surface area (Å²) in [5, 5.41) is 3.62. The number of benzene rings is 2. The predicted molar refractivity (Wildman–Crippen MR) is 81.7 cm³/mol. The molecule has 0 saturated carbocycles. The van der Waals surface area contributed by atoms with Crippen LogP contribution in [0.1, 0.15) is 28.3 Å². The third kappa shape index (κ3) is 3.09. The molecule has 0 aliphatic carbocycles. The molecule has 2 nitrogen and oxygen atoms in total. The van der Waals surface area contributed by atoms with Gasteiger partial charge >= 0.3 is 0 Å². The SMILES string of the molecule is Cc1cccc(CCNC2COCc3ccccc32)c1. The molecule has 2 heteroatoms.